The molecule has 12 heteroatoms. The van der Waals surface area contributed by atoms with Crippen molar-refractivity contribution in [3.05, 3.63) is 0 Å². The van der Waals surface area contributed by atoms with E-state index in [9.17, 15) is 29.1 Å². The van der Waals surface area contributed by atoms with E-state index < -0.39 is 54.1 Å². The lowest BCUT2D eigenvalue weighted by Gasteiger charge is -2.22. The third kappa shape index (κ3) is 10.8. The zero-order valence-electron chi connectivity index (χ0n) is 15.0. The Morgan fingerprint density at radius 1 is 0.852 bits per heavy atom. The summed E-state index contributed by atoms with van der Waals surface area (Å²) in [5.74, 6) is -4.47. The predicted molar refractivity (Wildman–Crippen MR) is 94.6 cm³/mol. The molecule has 0 fully saturated rings. The number of primary amides is 2. The molecule has 0 unspecified atom stereocenters. The minimum Gasteiger partial charge on any atom is -0.480 e. The normalized spacial score (nSPS) is 13.9. The fraction of sp³-hybridized carbons (Fsp3) is 0.667. The second-order valence-electron chi connectivity index (χ2n) is 6.03. The Morgan fingerprint density at radius 3 is 1.93 bits per heavy atom. The van der Waals surface area contributed by atoms with Gasteiger partial charge in [0.2, 0.25) is 23.6 Å². The summed E-state index contributed by atoms with van der Waals surface area (Å²) < 4.78 is 0. The van der Waals surface area contributed by atoms with Crippen molar-refractivity contribution in [1.82, 2.24) is 10.6 Å². The number of carboxylic acid groups (broad SMARTS) is 1. The predicted octanol–water partition coefficient (Wildman–Crippen LogP) is -3.36. The van der Waals surface area contributed by atoms with Crippen LogP contribution < -0.4 is 33.6 Å². The van der Waals surface area contributed by atoms with Crippen LogP contribution in [0, 0.1) is 0 Å². The van der Waals surface area contributed by atoms with Gasteiger partial charge < -0.3 is 38.7 Å². The van der Waals surface area contributed by atoms with Gasteiger partial charge in [0.1, 0.15) is 12.1 Å². The van der Waals surface area contributed by atoms with E-state index >= 15 is 0 Å². The number of unbranched alkanes of at least 4 members (excludes halogenated alkanes) is 1. The number of aliphatic carboxylic acids is 1. The van der Waals surface area contributed by atoms with Crippen molar-refractivity contribution >= 4 is 29.6 Å². The molecule has 0 aliphatic carbocycles. The second-order valence-corrected chi connectivity index (χ2v) is 6.03. The first-order chi connectivity index (χ1) is 12.6. The van der Waals surface area contributed by atoms with Crippen molar-refractivity contribution < 1.29 is 29.1 Å². The summed E-state index contributed by atoms with van der Waals surface area (Å²) in [7, 11) is 0. The molecule has 11 N–H and O–H groups in total. The highest BCUT2D eigenvalue weighted by Crippen LogP contribution is 2.03. The number of hydrogen-bond acceptors (Lipinski definition) is 7. The van der Waals surface area contributed by atoms with E-state index in [0.29, 0.717) is 19.4 Å². The maximum absolute atomic E-state index is 12.3. The fourth-order valence-electron chi connectivity index (χ4n) is 2.14. The lowest BCUT2D eigenvalue weighted by atomic mass is 10.1. The van der Waals surface area contributed by atoms with Gasteiger partial charge in [-0.1, -0.05) is 0 Å². The molecule has 4 amide bonds. The summed E-state index contributed by atoms with van der Waals surface area (Å²) in [6.45, 7) is 0.379. The molecule has 0 aliphatic rings. The molecule has 0 bridgehead atoms. The van der Waals surface area contributed by atoms with E-state index in [0.717, 1.165) is 0 Å². The van der Waals surface area contributed by atoms with Crippen molar-refractivity contribution in [3.63, 3.8) is 0 Å². The maximum atomic E-state index is 12.3. The molecule has 0 aliphatic heterocycles. The van der Waals surface area contributed by atoms with Crippen molar-refractivity contribution in [2.24, 2.45) is 22.9 Å². The second kappa shape index (κ2) is 12.6. The third-order valence-electron chi connectivity index (χ3n) is 3.64. The van der Waals surface area contributed by atoms with Crippen LogP contribution in [0.25, 0.3) is 0 Å². The van der Waals surface area contributed by atoms with Crippen LogP contribution in [-0.4, -0.2) is 59.4 Å². The smallest absolute Gasteiger partial charge is 0.326 e. The van der Waals surface area contributed by atoms with Gasteiger partial charge in [-0.3, -0.25) is 19.2 Å². The van der Waals surface area contributed by atoms with Gasteiger partial charge in [0, 0.05) is 6.42 Å². The Balaban J connectivity index is 4.96. The van der Waals surface area contributed by atoms with Crippen LogP contribution >= 0.6 is 0 Å². The highest BCUT2D eigenvalue weighted by Gasteiger charge is 2.29. The van der Waals surface area contributed by atoms with Crippen molar-refractivity contribution in [2.45, 2.75) is 56.7 Å². The van der Waals surface area contributed by atoms with E-state index in [-0.39, 0.29) is 19.3 Å². The molecule has 0 aromatic rings. The molecule has 0 saturated carbocycles. The molecule has 0 heterocycles. The van der Waals surface area contributed by atoms with Crippen molar-refractivity contribution in [3.8, 4) is 0 Å². The standard InChI is InChI=1S/C15H28N6O6/c16-6-2-1-3-9(15(26)27)20-14(25)10(7-12(19)23)21-13(24)8(17)4-5-11(18)22/h8-10H,1-7,16-17H2,(H2,18,22)(H2,19,23)(H,20,25)(H,21,24)(H,26,27)/t8-,9-,10-/m0/s1. The molecular formula is C15H28N6O6. The molecule has 0 radical (unpaired) electrons. The van der Waals surface area contributed by atoms with Crippen molar-refractivity contribution in [1.29, 1.82) is 0 Å². The van der Waals surface area contributed by atoms with Gasteiger partial charge in [0.15, 0.2) is 0 Å². The van der Waals surface area contributed by atoms with Gasteiger partial charge in [-0.25, -0.2) is 4.79 Å². The Labute approximate surface area is 156 Å². The first-order valence-corrected chi connectivity index (χ1v) is 8.44. The molecule has 0 aromatic carbocycles. The fourth-order valence-corrected chi connectivity index (χ4v) is 2.14. The molecular weight excluding hydrogens is 360 g/mol. The molecule has 0 rings (SSSR count). The van der Waals surface area contributed by atoms with Crippen molar-refractivity contribution in [2.75, 3.05) is 6.54 Å². The Kier molecular flexibility index (Phi) is 11.3. The highest BCUT2D eigenvalue weighted by atomic mass is 16.4. The molecule has 154 valence electrons. The summed E-state index contributed by atoms with van der Waals surface area (Å²) in [6.07, 6.45) is 0.448. The summed E-state index contributed by atoms with van der Waals surface area (Å²) in [4.78, 5) is 57.5. The number of rotatable bonds is 14. The van der Waals surface area contributed by atoms with E-state index in [2.05, 4.69) is 10.6 Å². The third-order valence-corrected chi connectivity index (χ3v) is 3.64. The zero-order valence-corrected chi connectivity index (χ0v) is 15.0. The minimum atomic E-state index is -1.40. The average Bonchev–Trinajstić information content (AvgIpc) is 2.57. The number of hydrogen-bond donors (Lipinski definition) is 7. The molecule has 0 spiro atoms. The summed E-state index contributed by atoms with van der Waals surface area (Å²) in [6, 6.07) is -3.74. The van der Waals surface area contributed by atoms with Crippen LogP contribution in [0.1, 0.15) is 38.5 Å². The zero-order chi connectivity index (χ0) is 21.0. The van der Waals surface area contributed by atoms with E-state index in [1.807, 2.05) is 0 Å². The molecule has 0 aromatic heterocycles. The van der Waals surface area contributed by atoms with Crippen LogP contribution in [-0.2, 0) is 24.0 Å². The summed E-state index contributed by atoms with van der Waals surface area (Å²) in [5, 5.41) is 13.7. The Hall–Kier alpha value is -2.73. The van der Waals surface area contributed by atoms with E-state index in [1.54, 1.807) is 0 Å². The van der Waals surface area contributed by atoms with Gasteiger partial charge in [0.05, 0.1) is 12.5 Å². The molecule has 12 nitrogen and oxygen atoms in total. The first kappa shape index (κ1) is 24.3. The Bertz CT molecular complexity index is 555. The molecule has 3 atom stereocenters. The van der Waals surface area contributed by atoms with Crippen LogP contribution in [0.3, 0.4) is 0 Å². The van der Waals surface area contributed by atoms with Gasteiger partial charge >= 0.3 is 5.97 Å². The average molecular weight is 388 g/mol. The lowest BCUT2D eigenvalue weighted by molar-refractivity contribution is -0.142. The summed E-state index contributed by atoms with van der Waals surface area (Å²) in [5.41, 5.74) is 21.0. The Morgan fingerprint density at radius 2 is 1.44 bits per heavy atom. The maximum Gasteiger partial charge on any atom is 0.326 e. The molecule has 0 saturated heterocycles. The van der Waals surface area contributed by atoms with Gasteiger partial charge in [-0.15, -0.1) is 0 Å². The van der Waals surface area contributed by atoms with E-state index in [4.69, 9.17) is 22.9 Å². The number of nitrogens with two attached hydrogens (primary N) is 4. The van der Waals surface area contributed by atoms with Crippen LogP contribution in [0.2, 0.25) is 0 Å². The minimum absolute atomic E-state index is 0.0527. The number of carbonyl (C=O) groups is 5. The monoisotopic (exact) mass is 388 g/mol. The largest absolute Gasteiger partial charge is 0.480 e. The SMILES string of the molecule is NCCCC[C@H](NC(=O)[C@H](CC(N)=O)NC(=O)[C@@H](N)CCC(N)=O)C(=O)O. The quantitative estimate of drug-likeness (QED) is 0.148. The van der Waals surface area contributed by atoms with Crippen LogP contribution in [0.4, 0.5) is 0 Å². The number of nitrogens with one attached hydrogen (secondary N) is 2. The topological polar surface area (TPSA) is 234 Å². The summed E-state index contributed by atoms with van der Waals surface area (Å²) >= 11 is 0. The van der Waals surface area contributed by atoms with Gasteiger partial charge in [-0.05, 0) is 32.2 Å². The number of carboxylic acids is 1. The number of amides is 4. The van der Waals surface area contributed by atoms with Crippen LogP contribution in [0.15, 0.2) is 0 Å². The van der Waals surface area contributed by atoms with Gasteiger partial charge in [0.25, 0.3) is 0 Å². The highest BCUT2D eigenvalue weighted by molar-refractivity contribution is 5.94. The van der Waals surface area contributed by atoms with E-state index in [1.165, 1.54) is 0 Å². The number of carbonyl (C=O) groups excluding carboxylic acids is 4. The van der Waals surface area contributed by atoms with Crippen LogP contribution in [0.5, 0.6) is 0 Å². The first-order valence-electron chi connectivity index (χ1n) is 8.44. The molecule has 27 heavy (non-hydrogen) atoms. The van der Waals surface area contributed by atoms with Gasteiger partial charge in [-0.2, -0.15) is 0 Å². The lowest BCUT2D eigenvalue weighted by Crippen LogP contribution is -2.55.